The van der Waals surface area contributed by atoms with Crippen LogP contribution < -0.4 is 4.90 Å². The van der Waals surface area contributed by atoms with Crippen molar-refractivity contribution < 1.29 is 22.7 Å². The third-order valence-electron chi connectivity index (χ3n) is 5.88. The van der Waals surface area contributed by atoms with Crippen molar-refractivity contribution in [3.63, 3.8) is 0 Å². The second-order valence-corrected chi connectivity index (χ2v) is 8.37. The summed E-state index contributed by atoms with van der Waals surface area (Å²) >= 11 is 0. The number of aromatic nitrogens is 2. The van der Waals surface area contributed by atoms with Gasteiger partial charge in [-0.1, -0.05) is 29.8 Å². The largest absolute Gasteiger partial charge is 0.469 e. The molecule has 1 aromatic heterocycles. The van der Waals surface area contributed by atoms with Gasteiger partial charge in [0.2, 0.25) is 5.95 Å². The smallest absolute Gasteiger partial charge is 0.389 e. The molecule has 0 bridgehead atoms. The molecule has 1 aromatic carbocycles. The number of piperidine rings is 1. The van der Waals surface area contributed by atoms with E-state index in [2.05, 4.69) is 9.88 Å². The third-order valence-corrected chi connectivity index (χ3v) is 5.88. The normalized spacial score (nSPS) is 15.5. The molecule has 5 nitrogen and oxygen atoms in total. The first kappa shape index (κ1) is 24.0. The van der Waals surface area contributed by atoms with Crippen LogP contribution in [0.1, 0.15) is 61.3 Å². The van der Waals surface area contributed by atoms with E-state index >= 15 is 0 Å². The topological polar surface area (TPSA) is 55.3 Å². The van der Waals surface area contributed by atoms with Crippen LogP contribution in [0.5, 0.6) is 0 Å². The van der Waals surface area contributed by atoms with Gasteiger partial charge in [-0.05, 0) is 46.0 Å². The number of alkyl halides is 3. The molecule has 1 saturated heterocycles. The van der Waals surface area contributed by atoms with Gasteiger partial charge < -0.3 is 9.64 Å². The lowest BCUT2D eigenvalue weighted by Crippen LogP contribution is -2.31. The standard InChI is InChI=1S/C24H30F3N3O2/c1-16-9-11-18(12-10-16)21-20(19(22(31)32-3)8-7-13-24(25,26)27)17(2)28-23(29-21)30-14-5-4-6-15-30/h9-12,19H,4-8,13-15H2,1-3H3. The van der Waals surface area contributed by atoms with Crippen molar-refractivity contribution in [3.05, 3.63) is 41.1 Å². The molecule has 32 heavy (non-hydrogen) atoms. The molecule has 2 aromatic rings. The Labute approximate surface area is 187 Å². The zero-order valence-electron chi connectivity index (χ0n) is 18.8. The number of carbonyl (C=O) groups is 1. The molecule has 1 fully saturated rings. The average molecular weight is 450 g/mol. The molecule has 8 heteroatoms. The minimum absolute atomic E-state index is 0.0122. The number of benzene rings is 1. The summed E-state index contributed by atoms with van der Waals surface area (Å²) in [5.41, 5.74) is 3.61. The second-order valence-electron chi connectivity index (χ2n) is 8.37. The number of esters is 1. The number of hydrogen-bond donors (Lipinski definition) is 0. The van der Waals surface area contributed by atoms with Gasteiger partial charge in [-0.2, -0.15) is 13.2 Å². The van der Waals surface area contributed by atoms with Gasteiger partial charge >= 0.3 is 12.1 Å². The zero-order chi connectivity index (χ0) is 23.3. The third kappa shape index (κ3) is 5.99. The van der Waals surface area contributed by atoms with Gasteiger partial charge in [-0.15, -0.1) is 0 Å². The number of aryl methyl sites for hydroxylation is 2. The number of carbonyl (C=O) groups excluding carboxylic acids is 1. The van der Waals surface area contributed by atoms with E-state index in [0.717, 1.165) is 37.1 Å². The Kier molecular flexibility index (Phi) is 7.74. The van der Waals surface area contributed by atoms with E-state index in [1.807, 2.05) is 31.2 Å². The van der Waals surface area contributed by atoms with Crippen molar-refractivity contribution in [1.29, 1.82) is 0 Å². The highest BCUT2D eigenvalue weighted by Gasteiger charge is 2.32. The lowest BCUT2D eigenvalue weighted by atomic mass is 9.88. The number of nitrogens with zero attached hydrogens (tertiary/aromatic N) is 3. The van der Waals surface area contributed by atoms with E-state index in [9.17, 15) is 18.0 Å². The van der Waals surface area contributed by atoms with Gasteiger partial charge in [-0.3, -0.25) is 4.79 Å². The number of ether oxygens (including phenoxy) is 1. The first-order valence-corrected chi connectivity index (χ1v) is 11.0. The van der Waals surface area contributed by atoms with Crippen LogP contribution in [-0.4, -0.2) is 42.3 Å². The maximum absolute atomic E-state index is 12.8. The van der Waals surface area contributed by atoms with Crippen LogP contribution in [-0.2, 0) is 9.53 Å². The van der Waals surface area contributed by atoms with Crippen molar-refractivity contribution in [3.8, 4) is 11.3 Å². The van der Waals surface area contributed by atoms with Gasteiger partial charge in [-0.25, -0.2) is 9.97 Å². The number of anilines is 1. The van der Waals surface area contributed by atoms with Crippen LogP contribution in [0.25, 0.3) is 11.3 Å². The number of methoxy groups -OCH3 is 1. The summed E-state index contributed by atoms with van der Waals surface area (Å²) in [6.07, 6.45) is -2.10. The van der Waals surface area contributed by atoms with Crippen LogP contribution in [0.4, 0.5) is 19.1 Å². The molecule has 174 valence electrons. The summed E-state index contributed by atoms with van der Waals surface area (Å²) in [5, 5.41) is 0. The van der Waals surface area contributed by atoms with Crippen molar-refractivity contribution in [2.45, 2.75) is 64.5 Å². The lowest BCUT2D eigenvalue weighted by Gasteiger charge is -2.29. The monoisotopic (exact) mass is 449 g/mol. The predicted octanol–water partition coefficient (Wildman–Crippen LogP) is 5.74. The highest BCUT2D eigenvalue weighted by atomic mass is 19.4. The maximum atomic E-state index is 12.8. The van der Waals surface area contributed by atoms with Gasteiger partial charge in [0.05, 0.1) is 18.7 Å². The van der Waals surface area contributed by atoms with Crippen LogP contribution in [0, 0.1) is 13.8 Å². The van der Waals surface area contributed by atoms with E-state index in [4.69, 9.17) is 9.72 Å². The highest BCUT2D eigenvalue weighted by Crippen LogP contribution is 2.36. The summed E-state index contributed by atoms with van der Waals surface area (Å²) in [5.74, 6) is -0.840. The fraction of sp³-hybridized carbons (Fsp3) is 0.542. The predicted molar refractivity (Wildman–Crippen MR) is 118 cm³/mol. The Morgan fingerprint density at radius 1 is 1.09 bits per heavy atom. The minimum atomic E-state index is -4.27. The molecule has 0 saturated carbocycles. The summed E-state index contributed by atoms with van der Waals surface area (Å²) in [6.45, 7) is 5.49. The Hall–Kier alpha value is -2.64. The Balaban J connectivity index is 2.07. The minimum Gasteiger partial charge on any atom is -0.469 e. The number of rotatable bonds is 7. The van der Waals surface area contributed by atoms with Crippen molar-refractivity contribution >= 4 is 11.9 Å². The molecular formula is C24H30F3N3O2. The molecule has 1 unspecified atom stereocenters. The van der Waals surface area contributed by atoms with Crippen LogP contribution in [0.3, 0.4) is 0 Å². The van der Waals surface area contributed by atoms with Crippen molar-refractivity contribution in [1.82, 2.24) is 9.97 Å². The molecule has 0 aliphatic carbocycles. The molecule has 3 rings (SSSR count). The van der Waals surface area contributed by atoms with Crippen LogP contribution in [0.15, 0.2) is 24.3 Å². The molecular weight excluding hydrogens is 419 g/mol. The molecule has 0 radical (unpaired) electrons. The lowest BCUT2D eigenvalue weighted by molar-refractivity contribution is -0.145. The summed E-state index contributed by atoms with van der Waals surface area (Å²) in [4.78, 5) is 24.3. The van der Waals surface area contributed by atoms with Crippen LogP contribution in [0.2, 0.25) is 0 Å². The van der Waals surface area contributed by atoms with Gasteiger partial charge in [0.25, 0.3) is 0 Å². The maximum Gasteiger partial charge on any atom is 0.389 e. The fourth-order valence-electron chi connectivity index (χ4n) is 4.18. The Morgan fingerprint density at radius 3 is 2.34 bits per heavy atom. The van der Waals surface area contributed by atoms with E-state index in [0.29, 0.717) is 22.9 Å². The average Bonchev–Trinajstić information content (AvgIpc) is 2.76. The van der Waals surface area contributed by atoms with Crippen LogP contribution >= 0.6 is 0 Å². The summed E-state index contributed by atoms with van der Waals surface area (Å²) in [7, 11) is 1.25. The number of hydrogen-bond acceptors (Lipinski definition) is 5. The Bertz CT molecular complexity index is 923. The molecule has 2 heterocycles. The van der Waals surface area contributed by atoms with Crippen molar-refractivity contribution in [2.24, 2.45) is 0 Å². The first-order chi connectivity index (χ1) is 15.2. The fourth-order valence-corrected chi connectivity index (χ4v) is 4.18. The molecule has 1 atom stereocenters. The van der Waals surface area contributed by atoms with E-state index in [1.54, 1.807) is 6.92 Å². The molecule has 0 N–H and O–H groups in total. The summed E-state index contributed by atoms with van der Waals surface area (Å²) in [6, 6.07) is 7.75. The Morgan fingerprint density at radius 2 is 1.75 bits per heavy atom. The van der Waals surface area contributed by atoms with Crippen molar-refractivity contribution in [2.75, 3.05) is 25.1 Å². The number of halogens is 3. The van der Waals surface area contributed by atoms with Gasteiger partial charge in [0, 0.05) is 36.3 Å². The molecule has 0 amide bonds. The summed E-state index contributed by atoms with van der Waals surface area (Å²) < 4.78 is 43.3. The van der Waals surface area contributed by atoms with Gasteiger partial charge in [0.1, 0.15) is 0 Å². The molecule has 0 spiro atoms. The van der Waals surface area contributed by atoms with E-state index in [-0.39, 0.29) is 12.8 Å². The van der Waals surface area contributed by atoms with E-state index < -0.39 is 24.5 Å². The highest BCUT2D eigenvalue weighted by molar-refractivity contribution is 5.82. The molecule has 1 aliphatic rings. The first-order valence-electron chi connectivity index (χ1n) is 11.0. The zero-order valence-corrected chi connectivity index (χ0v) is 18.8. The second kappa shape index (κ2) is 10.3. The quantitative estimate of drug-likeness (QED) is 0.505. The molecule has 1 aliphatic heterocycles. The SMILES string of the molecule is COC(=O)C(CCCC(F)(F)F)c1c(C)nc(N2CCCCC2)nc1-c1ccc(C)cc1. The van der Waals surface area contributed by atoms with E-state index in [1.165, 1.54) is 13.5 Å². The van der Waals surface area contributed by atoms with Gasteiger partial charge in [0.15, 0.2) is 0 Å².